The molecule has 4 nitrogen and oxygen atoms in total. The number of thiazole rings is 1. The van der Waals surface area contributed by atoms with E-state index in [0.29, 0.717) is 18.8 Å². The third kappa shape index (κ3) is 3.61. The average Bonchev–Trinajstić information content (AvgIpc) is 3.20. The normalized spacial score (nSPS) is 19.5. The lowest BCUT2D eigenvalue weighted by Crippen LogP contribution is -2.37. The highest BCUT2D eigenvalue weighted by atomic mass is 32.1. The summed E-state index contributed by atoms with van der Waals surface area (Å²) in [5.74, 6) is 0.133. The molecular formula is C24H22F2N2O2S. The van der Waals surface area contributed by atoms with Gasteiger partial charge in [-0.05, 0) is 49.1 Å². The fourth-order valence-electron chi connectivity index (χ4n) is 4.44. The van der Waals surface area contributed by atoms with Crippen molar-refractivity contribution in [3.8, 4) is 17.0 Å². The number of carbonyl (C=O) groups is 1. The first-order valence-electron chi connectivity index (χ1n) is 10.3. The van der Waals surface area contributed by atoms with Crippen LogP contribution in [0.1, 0.15) is 35.8 Å². The van der Waals surface area contributed by atoms with Gasteiger partial charge in [0.05, 0.1) is 23.2 Å². The predicted molar refractivity (Wildman–Crippen MR) is 115 cm³/mol. The van der Waals surface area contributed by atoms with Crippen molar-refractivity contribution in [2.45, 2.75) is 30.6 Å². The molecule has 1 saturated carbocycles. The van der Waals surface area contributed by atoms with Crippen molar-refractivity contribution in [1.29, 1.82) is 0 Å². The molecule has 0 N–H and O–H groups in total. The minimum Gasteiger partial charge on any atom is -0.496 e. The lowest BCUT2D eigenvalue weighted by atomic mass is 9.94. The van der Waals surface area contributed by atoms with Crippen LogP contribution in [0.5, 0.6) is 5.75 Å². The zero-order chi connectivity index (χ0) is 21.6. The van der Waals surface area contributed by atoms with Gasteiger partial charge in [-0.2, -0.15) is 0 Å². The number of amides is 1. The van der Waals surface area contributed by atoms with E-state index in [2.05, 4.69) is 0 Å². The molecule has 2 aliphatic rings. The second kappa shape index (κ2) is 7.71. The van der Waals surface area contributed by atoms with Gasteiger partial charge in [0, 0.05) is 36.0 Å². The minimum absolute atomic E-state index is 0.138. The molecule has 5 rings (SSSR count). The minimum atomic E-state index is -0.488. The summed E-state index contributed by atoms with van der Waals surface area (Å²) in [6, 6.07) is 10.8. The standard InChI is InChI=1S/C24H22F2N2O2S/c1-30-21-12-18(26)6-7-19(21)20-14-31-22(27-20)15-8-11-28(13-15)23(29)24(9-10-24)16-2-4-17(25)5-3-16/h2-7,12,14-15H,8-11,13H2,1H3/t15-/m1/s1. The van der Waals surface area contributed by atoms with E-state index in [1.807, 2.05) is 10.3 Å². The topological polar surface area (TPSA) is 42.4 Å². The maximum absolute atomic E-state index is 13.5. The Morgan fingerprint density at radius 1 is 1.16 bits per heavy atom. The van der Waals surface area contributed by atoms with E-state index in [0.717, 1.165) is 41.1 Å². The van der Waals surface area contributed by atoms with E-state index in [9.17, 15) is 13.6 Å². The second-order valence-corrected chi connectivity index (χ2v) is 9.13. The molecule has 0 bridgehead atoms. The van der Waals surface area contributed by atoms with Crippen LogP contribution in [0.3, 0.4) is 0 Å². The summed E-state index contributed by atoms with van der Waals surface area (Å²) in [5.41, 5.74) is 1.93. The molecule has 3 aromatic rings. The maximum Gasteiger partial charge on any atom is 0.233 e. The zero-order valence-electron chi connectivity index (χ0n) is 17.1. The first-order valence-corrected chi connectivity index (χ1v) is 11.2. The Kier molecular flexibility index (Phi) is 5.01. The SMILES string of the molecule is COc1cc(F)ccc1-c1csc([C@@H]2CCN(C(=O)C3(c4ccc(F)cc4)CC3)C2)n1. The predicted octanol–water partition coefficient (Wildman–Crippen LogP) is 5.14. The lowest BCUT2D eigenvalue weighted by Gasteiger charge is -2.23. The van der Waals surface area contributed by atoms with Crippen LogP contribution >= 0.6 is 11.3 Å². The Bertz CT molecular complexity index is 1120. The number of carbonyl (C=O) groups excluding carboxylic acids is 1. The van der Waals surface area contributed by atoms with Crippen LogP contribution in [0, 0.1) is 11.6 Å². The fraction of sp³-hybridized carbons (Fsp3) is 0.333. The van der Waals surface area contributed by atoms with Gasteiger partial charge in [0.1, 0.15) is 17.4 Å². The van der Waals surface area contributed by atoms with Crippen molar-refractivity contribution in [3.63, 3.8) is 0 Å². The lowest BCUT2D eigenvalue weighted by molar-refractivity contribution is -0.132. The van der Waals surface area contributed by atoms with Crippen molar-refractivity contribution >= 4 is 17.2 Å². The van der Waals surface area contributed by atoms with E-state index >= 15 is 0 Å². The number of likely N-dealkylation sites (tertiary alicyclic amines) is 1. The Hall–Kier alpha value is -2.80. The fourth-order valence-corrected chi connectivity index (χ4v) is 5.39. The Morgan fingerprint density at radius 2 is 1.90 bits per heavy atom. The van der Waals surface area contributed by atoms with Crippen molar-refractivity contribution in [1.82, 2.24) is 9.88 Å². The monoisotopic (exact) mass is 440 g/mol. The number of ether oxygens (including phenoxy) is 1. The number of halogens is 2. The van der Waals surface area contributed by atoms with Gasteiger partial charge < -0.3 is 9.64 Å². The molecule has 1 saturated heterocycles. The van der Waals surface area contributed by atoms with Gasteiger partial charge in [0.15, 0.2) is 0 Å². The van der Waals surface area contributed by atoms with Crippen LogP contribution in [0.4, 0.5) is 8.78 Å². The number of hydrogen-bond acceptors (Lipinski definition) is 4. The highest BCUT2D eigenvalue weighted by molar-refractivity contribution is 7.10. The number of hydrogen-bond donors (Lipinski definition) is 0. The first-order chi connectivity index (χ1) is 15.0. The Labute approximate surface area is 183 Å². The summed E-state index contributed by atoms with van der Waals surface area (Å²) in [5, 5.41) is 2.93. The molecule has 1 aromatic heterocycles. The van der Waals surface area contributed by atoms with Gasteiger partial charge in [-0.1, -0.05) is 12.1 Å². The number of benzene rings is 2. The van der Waals surface area contributed by atoms with E-state index in [4.69, 9.17) is 9.72 Å². The molecule has 1 atom stereocenters. The quantitative estimate of drug-likeness (QED) is 0.551. The van der Waals surface area contributed by atoms with Gasteiger partial charge in [0.2, 0.25) is 5.91 Å². The van der Waals surface area contributed by atoms with Crippen molar-refractivity contribution in [2.24, 2.45) is 0 Å². The molecule has 1 aliphatic carbocycles. The molecule has 0 spiro atoms. The molecular weight excluding hydrogens is 418 g/mol. The van der Waals surface area contributed by atoms with Crippen LogP contribution < -0.4 is 4.74 Å². The van der Waals surface area contributed by atoms with Crippen LogP contribution in [-0.4, -0.2) is 36.0 Å². The van der Waals surface area contributed by atoms with Gasteiger partial charge >= 0.3 is 0 Å². The van der Waals surface area contributed by atoms with Crippen LogP contribution in [0.25, 0.3) is 11.3 Å². The number of aromatic nitrogens is 1. The summed E-state index contributed by atoms with van der Waals surface area (Å²) >= 11 is 1.56. The molecule has 1 amide bonds. The molecule has 0 radical (unpaired) electrons. The molecule has 160 valence electrons. The highest BCUT2D eigenvalue weighted by Gasteiger charge is 2.53. The first kappa shape index (κ1) is 20.1. The van der Waals surface area contributed by atoms with Gasteiger partial charge in [-0.25, -0.2) is 13.8 Å². The molecule has 2 heterocycles. The van der Waals surface area contributed by atoms with Crippen molar-refractivity contribution in [3.05, 3.63) is 70.1 Å². The molecule has 31 heavy (non-hydrogen) atoms. The van der Waals surface area contributed by atoms with Crippen LogP contribution in [0.2, 0.25) is 0 Å². The van der Waals surface area contributed by atoms with Crippen molar-refractivity contribution < 1.29 is 18.3 Å². The summed E-state index contributed by atoms with van der Waals surface area (Å²) in [6.45, 7) is 1.33. The summed E-state index contributed by atoms with van der Waals surface area (Å²) in [6.07, 6.45) is 2.48. The number of nitrogens with zero attached hydrogens (tertiary/aromatic N) is 2. The molecule has 2 fully saturated rings. The molecule has 1 aliphatic heterocycles. The maximum atomic E-state index is 13.5. The summed E-state index contributed by atoms with van der Waals surface area (Å²) in [4.78, 5) is 20.0. The Balaban J connectivity index is 1.32. The summed E-state index contributed by atoms with van der Waals surface area (Å²) in [7, 11) is 1.51. The number of rotatable bonds is 5. The van der Waals surface area contributed by atoms with Crippen molar-refractivity contribution in [2.75, 3.05) is 20.2 Å². The third-order valence-electron chi connectivity index (χ3n) is 6.34. The van der Waals surface area contributed by atoms with E-state index < -0.39 is 5.41 Å². The van der Waals surface area contributed by atoms with Gasteiger partial charge in [0.25, 0.3) is 0 Å². The van der Waals surface area contributed by atoms with E-state index in [1.54, 1.807) is 29.5 Å². The van der Waals surface area contributed by atoms with E-state index in [-0.39, 0.29) is 23.5 Å². The molecule has 7 heteroatoms. The number of methoxy groups -OCH3 is 1. The molecule has 0 unspecified atom stereocenters. The second-order valence-electron chi connectivity index (χ2n) is 8.24. The average molecular weight is 441 g/mol. The Morgan fingerprint density at radius 3 is 2.61 bits per heavy atom. The van der Waals surface area contributed by atoms with Crippen LogP contribution in [-0.2, 0) is 10.2 Å². The van der Waals surface area contributed by atoms with Gasteiger partial charge in [-0.15, -0.1) is 11.3 Å². The molecule has 2 aromatic carbocycles. The largest absolute Gasteiger partial charge is 0.496 e. The van der Waals surface area contributed by atoms with Gasteiger partial charge in [-0.3, -0.25) is 4.79 Å². The van der Waals surface area contributed by atoms with Crippen LogP contribution in [0.15, 0.2) is 47.8 Å². The zero-order valence-corrected chi connectivity index (χ0v) is 17.9. The highest BCUT2D eigenvalue weighted by Crippen LogP contribution is 2.50. The van der Waals surface area contributed by atoms with E-state index in [1.165, 1.54) is 31.4 Å². The smallest absolute Gasteiger partial charge is 0.233 e. The third-order valence-corrected chi connectivity index (χ3v) is 7.35. The summed E-state index contributed by atoms with van der Waals surface area (Å²) < 4.78 is 32.1.